The van der Waals surface area contributed by atoms with Crippen molar-refractivity contribution >= 4 is 5.78 Å². The first-order valence-corrected chi connectivity index (χ1v) is 7.92. The molecule has 0 aliphatic carbocycles. The van der Waals surface area contributed by atoms with Crippen molar-refractivity contribution < 1.29 is 4.79 Å². The van der Waals surface area contributed by atoms with Crippen LogP contribution in [-0.4, -0.2) is 10.4 Å². The largest absolute Gasteiger partial charge is 0.344 e. The Morgan fingerprint density at radius 3 is 2.12 bits per heavy atom. The van der Waals surface area contributed by atoms with Crippen LogP contribution < -0.4 is 5.43 Å². The molecule has 3 rings (SSSR count). The summed E-state index contributed by atoms with van der Waals surface area (Å²) in [6.45, 7) is 4.37. The second kappa shape index (κ2) is 6.67. The Labute approximate surface area is 141 Å². The quantitative estimate of drug-likeness (QED) is 0.688. The zero-order valence-electron chi connectivity index (χ0n) is 13.8. The van der Waals surface area contributed by atoms with Crippen LogP contribution in [0.15, 0.2) is 71.5 Å². The van der Waals surface area contributed by atoms with Gasteiger partial charge in [-0.3, -0.25) is 9.59 Å². The average molecular weight is 317 g/mol. The minimum atomic E-state index is -0.222. The normalized spacial score (nSPS) is 10.6. The van der Waals surface area contributed by atoms with Crippen LogP contribution in [0.4, 0.5) is 0 Å². The van der Waals surface area contributed by atoms with Gasteiger partial charge in [0.15, 0.2) is 11.2 Å². The third kappa shape index (κ3) is 3.06. The molecular formula is C21H19NO2. The molecule has 0 aliphatic rings. The predicted octanol–water partition coefficient (Wildman–Crippen LogP) is 3.74. The van der Waals surface area contributed by atoms with Crippen molar-refractivity contribution in [2.24, 2.45) is 0 Å². The van der Waals surface area contributed by atoms with Gasteiger partial charge < -0.3 is 4.57 Å². The van der Waals surface area contributed by atoms with E-state index < -0.39 is 0 Å². The average Bonchev–Trinajstić information content (AvgIpc) is 2.60. The van der Waals surface area contributed by atoms with E-state index in [9.17, 15) is 9.59 Å². The van der Waals surface area contributed by atoms with Gasteiger partial charge in [0.05, 0.1) is 5.56 Å². The molecule has 1 aromatic heterocycles. The summed E-state index contributed by atoms with van der Waals surface area (Å²) in [5.41, 5.74) is 3.26. The van der Waals surface area contributed by atoms with Crippen LogP contribution in [0.2, 0.25) is 0 Å². The molecule has 3 nitrogen and oxygen atoms in total. The molecule has 3 heteroatoms. The van der Waals surface area contributed by atoms with Crippen LogP contribution in [0.5, 0.6) is 0 Å². The van der Waals surface area contributed by atoms with E-state index in [4.69, 9.17) is 0 Å². The van der Waals surface area contributed by atoms with Gasteiger partial charge in [-0.25, -0.2) is 0 Å². The summed E-state index contributed by atoms with van der Waals surface area (Å²) in [5, 5.41) is 0. The standard InChI is InChI=1S/C21H19NO2/c1-15-13-19(23)20(21(24)18-11-7-4-8-12-18)16(2)22(15)14-17-9-5-3-6-10-17/h3-13H,14H2,1-2H3. The summed E-state index contributed by atoms with van der Waals surface area (Å²) in [6, 6.07) is 20.5. The number of benzene rings is 2. The second-order valence-electron chi connectivity index (χ2n) is 5.88. The lowest BCUT2D eigenvalue weighted by Gasteiger charge is -2.17. The highest BCUT2D eigenvalue weighted by molar-refractivity contribution is 6.09. The topological polar surface area (TPSA) is 39.1 Å². The van der Waals surface area contributed by atoms with Crippen LogP contribution in [0.1, 0.15) is 32.9 Å². The van der Waals surface area contributed by atoms with Crippen molar-refractivity contribution in [3.8, 4) is 0 Å². The van der Waals surface area contributed by atoms with Gasteiger partial charge in [-0.2, -0.15) is 0 Å². The zero-order valence-corrected chi connectivity index (χ0v) is 13.8. The van der Waals surface area contributed by atoms with E-state index in [1.54, 1.807) is 30.3 Å². The number of hydrogen-bond acceptors (Lipinski definition) is 2. The molecule has 0 saturated heterocycles. The Morgan fingerprint density at radius 1 is 0.917 bits per heavy atom. The van der Waals surface area contributed by atoms with Crippen molar-refractivity contribution in [3.05, 3.63) is 105 Å². The molecule has 0 N–H and O–H groups in total. The Bertz CT molecular complexity index is 925. The minimum absolute atomic E-state index is 0.219. The monoisotopic (exact) mass is 317 g/mol. The van der Waals surface area contributed by atoms with Crippen LogP contribution in [0, 0.1) is 13.8 Å². The van der Waals surface area contributed by atoms with E-state index in [0.29, 0.717) is 17.8 Å². The van der Waals surface area contributed by atoms with E-state index in [-0.39, 0.29) is 16.8 Å². The van der Waals surface area contributed by atoms with Crippen molar-refractivity contribution in [3.63, 3.8) is 0 Å². The van der Waals surface area contributed by atoms with Gasteiger partial charge in [0.2, 0.25) is 0 Å². The minimum Gasteiger partial charge on any atom is -0.344 e. The Balaban J connectivity index is 2.09. The molecule has 24 heavy (non-hydrogen) atoms. The highest BCUT2D eigenvalue weighted by Crippen LogP contribution is 2.15. The van der Waals surface area contributed by atoms with E-state index >= 15 is 0 Å². The number of carbonyl (C=O) groups is 1. The number of aromatic nitrogens is 1. The first kappa shape index (κ1) is 15.9. The molecule has 0 amide bonds. The van der Waals surface area contributed by atoms with E-state index in [1.807, 2.05) is 54.8 Å². The maximum Gasteiger partial charge on any atom is 0.198 e. The van der Waals surface area contributed by atoms with Gasteiger partial charge in [0, 0.05) is 29.6 Å². The van der Waals surface area contributed by atoms with E-state index in [0.717, 1.165) is 11.3 Å². The van der Waals surface area contributed by atoms with Gasteiger partial charge in [0.25, 0.3) is 0 Å². The summed E-state index contributed by atoms with van der Waals surface area (Å²) in [4.78, 5) is 25.2. The smallest absolute Gasteiger partial charge is 0.198 e. The fourth-order valence-corrected chi connectivity index (χ4v) is 2.94. The maximum atomic E-state index is 12.8. The van der Waals surface area contributed by atoms with Gasteiger partial charge in [-0.15, -0.1) is 0 Å². The van der Waals surface area contributed by atoms with Crippen molar-refractivity contribution in [1.29, 1.82) is 0 Å². The zero-order chi connectivity index (χ0) is 17.1. The van der Waals surface area contributed by atoms with Gasteiger partial charge in [-0.05, 0) is 19.4 Å². The maximum absolute atomic E-state index is 12.8. The van der Waals surface area contributed by atoms with Crippen LogP contribution in [-0.2, 0) is 6.54 Å². The Kier molecular flexibility index (Phi) is 4.43. The summed E-state index contributed by atoms with van der Waals surface area (Å²) < 4.78 is 2.02. The molecule has 0 saturated carbocycles. The van der Waals surface area contributed by atoms with E-state index in [1.165, 1.54) is 0 Å². The summed E-state index contributed by atoms with van der Waals surface area (Å²) in [5.74, 6) is -0.222. The lowest BCUT2D eigenvalue weighted by molar-refractivity contribution is 0.103. The molecule has 0 atom stereocenters. The van der Waals surface area contributed by atoms with Crippen LogP contribution >= 0.6 is 0 Å². The Morgan fingerprint density at radius 2 is 1.50 bits per heavy atom. The Hall–Kier alpha value is -2.94. The third-order valence-corrected chi connectivity index (χ3v) is 4.23. The fourth-order valence-electron chi connectivity index (χ4n) is 2.94. The molecule has 0 bridgehead atoms. The number of aryl methyl sites for hydroxylation is 1. The van der Waals surface area contributed by atoms with Gasteiger partial charge in [-0.1, -0.05) is 60.7 Å². The number of carbonyl (C=O) groups excluding carboxylic acids is 1. The molecular weight excluding hydrogens is 298 g/mol. The highest BCUT2D eigenvalue weighted by Gasteiger charge is 2.18. The molecule has 3 aromatic rings. The molecule has 0 aliphatic heterocycles. The summed E-state index contributed by atoms with van der Waals surface area (Å²) in [6.07, 6.45) is 0. The second-order valence-corrected chi connectivity index (χ2v) is 5.88. The number of pyridine rings is 1. The first-order valence-electron chi connectivity index (χ1n) is 7.92. The number of ketones is 1. The van der Waals surface area contributed by atoms with Crippen molar-refractivity contribution in [2.75, 3.05) is 0 Å². The fraction of sp³-hybridized carbons (Fsp3) is 0.143. The SMILES string of the molecule is Cc1cc(=O)c(C(=O)c2ccccc2)c(C)n1Cc1ccccc1. The number of rotatable bonds is 4. The van der Waals surface area contributed by atoms with Gasteiger partial charge in [0.1, 0.15) is 0 Å². The summed E-state index contributed by atoms with van der Waals surface area (Å²) >= 11 is 0. The molecule has 0 fully saturated rings. The molecule has 2 aromatic carbocycles. The molecule has 0 unspecified atom stereocenters. The van der Waals surface area contributed by atoms with E-state index in [2.05, 4.69) is 0 Å². The predicted molar refractivity (Wildman–Crippen MR) is 95.6 cm³/mol. The first-order chi connectivity index (χ1) is 11.6. The van der Waals surface area contributed by atoms with Crippen molar-refractivity contribution in [1.82, 2.24) is 4.57 Å². The highest BCUT2D eigenvalue weighted by atomic mass is 16.1. The lowest BCUT2D eigenvalue weighted by Crippen LogP contribution is -2.24. The third-order valence-electron chi connectivity index (χ3n) is 4.23. The van der Waals surface area contributed by atoms with Crippen LogP contribution in [0.25, 0.3) is 0 Å². The van der Waals surface area contributed by atoms with Crippen LogP contribution in [0.3, 0.4) is 0 Å². The van der Waals surface area contributed by atoms with Crippen molar-refractivity contribution in [2.45, 2.75) is 20.4 Å². The number of nitrogens with zero attached hydrogens (tertiary/aromatic N) is 1. The molecule has 120 valence electrons. The number of hydrogen-bond donors (Lipinski definition) is 0. The molecule has 0 spiro atoms. The molecule has 0 radical (unpaired) electrons. The lowest BCUT2D eigenvalue weighted by atomic mass is 10.0. The summed E-state index contributed by atoms with van der Waals surface area (Å²) in [7, 11) is 0. The molecule has 1 heterocycles. The van der Waals surface area contributed by atoms with Gasteiger partial charge >= 0.3 is 0 Å².